The van der Waals surface area contributed by atoms with Gasteiger partial charge in [-0.05, 0) is 43.7 Å². The predicted molar refractivity (Wildman–Crippen MR) is 128 cm³/mol. The summed E-state index contributed by atoms with van der Waals surface area (Å²) in [5.74, 6) is -1.22. The minimum atomic E-state index is -1.39. The molecule has 1 N–H and O–H groups in total. The Morgan fingerprint density at radius 2 is 1.29 bits per heavy atom. The van der Waals surface area contributed by atoms with Gasteiger partial charge in [-0.2, -0.15) is 0 Å². The van der Waals surface area contributed by atoms with Gasteiger partial charge < -0.3 is 24.1 Å². The molecule has 182 valence electrons. The lowest BCUT2D eigenvalue weighted by Crippen LogP contribution is -2.60. The molecule has 35 heavy (non-hydrogen) atoms. The number of esters is 2. The maximum absolute atomic E-state index is 12.9. The van der Waals surface area contributed by atoms with Crippen molar-refractivity contribution >= 4 is 11.9 Å². The first kappa shape index (κ1) is 24.6. The number of hydrogen-bond acceptors (Lipinski definition) is 7. The minimum Gasteiger partial charge on any atom is -0.452 e. The van der Waals surface area contributed by atoms with E-state index in [1.54, 1.807) is 67.6 Å². The Morgan fingerprint density at radius 1 is 0.771 bits per heavy atom. The van der Waals surface area contributed by atoms with E-state index in [0.717, 1.165) is 11.1 Å². The molecular weight excluding hydrogens is 448 g/mol. The number of aryl methyl sites for hydroxylation is 1. The standard InChI is InChI=1S/C28H28O7/c1-18-13-15-20(16-14-18)17-32-25-24(35-27(30)22-11-7-4-8-12-22)23(19(2)33-28(25)31)34-26(29)21-9-5-3-6-10-21/h3-16,19,23-25,28,31H,17H2,1-2H3/t19-,23+,24+,25-,28+/m0/s1. The van der Waals surface area contributed by atoms with Gasteiger partial charge in [-0.15, -0.1) is 0 Å². The molecule has 4 rings (SSSR count). The highest BCUT2D eigenvalue weighted by molar-refractivity contribution is 5.90. The third-order valence-electron chi connectivity index (χ3n) is 5.81. The van der Waals surface area contributed by atoms with Crippen LogP contribution in [0, 0.1) is 6.92 Å². The summed E-state index contributed by atoms with van der Waals surface area (Å²) in [4.78, 5) is 25.8. The lowest BCUT2D eigenvalue weighted by Gasteiger charge is -2.42. The summed E-state index contributed by atoms with van der Waals surface area (Å²) in [6, 6.07) is 24.7. The highest BCUT2D eigenvalue weighted by Crippen LogP contribution is 2.29. The van der Waals surface area contributed by atoms with Crippen molar-refractivity contribution in [1.82, 2.24) is 0 Å². The molecule has 7 heteroatoms. The molecule has 5 atom stereocenters. The zero-order chi connectivity index (χ0) is 24.8. The second-order valence-electron chi connectivity index (χ2n) is 8.46. The van der Waals surface area contributed by atoms with E-state index in [-0.39, 0.29) is 6.61 Å². The number of ether oxygens (including phenoxy) is 4. The number of hydrogen-bond donors (Lipinski definition) is 1. The van der Waals surface area contributed by atoms with Crippen molar-refractivity contribution in [2.24, 2.45) is 0 Å². The van der Waals surface area contributed by atoms with Crippen molar-refractivity contribution < 1.29 is 33.6 Å². The highest BCUT2D eigenvalue weighted by Gasteiger charge is 2.49. The van der Waals surface area contributed by atoms with E-state index < -0.39 is 42.6 Å². The number of rotatable bonds is 7. The first-order valence-electron chi connectivity index (χ1n) is 11.4. The number of carbonyl (C=O) groups excluding carboxylic acids is 2. The number of carbonyl (C=O) groups is 2. The van der Waals surface area contributed by atoms with Crippen LogP contribution < -0.4 is 0 Å². The molecule has 1 saturated heterocycles. The van der Waals surface area contributed by atoms with Crippen LogP contribution in [0.15, 0.2) is 84.9 Å². The van der Waals surface area contributed by atoms with Crippen LogP contribution in [0.25, 0.3) is 0 Å². The van der Waals surface area contributed by atoms with Gasteiger partial charge in [0.05, 0.1) is 23.8 Å². The van der Waals surface area contributed by atoms with Gasteiger partial charge in [-0.3, -0.25) is 0 Å². The molecule has 7 nitrogen and oxygen atoms in total. The summed E-state index contributed by atoms with van der Waals surface area (Å²) in [5, 5.41) is 10.7. The molecular formula is C28H28O7. The Hall–Kier alpha value is -3.52. The Kier molecular flexibility index (Phi) is 7.92. The molecule has 0 saturated carbocycles. The fourth-order valence-corrected chi connectivity index (χ4v) is 3.87. The Balaban J connectivity index is 1.59. The maximum Gasteiger partial charge on any atom is 0.338 e. The molecule has 0 radical (unpaired) electrons. The molecule has 1 aliphatic rings. The van der Waals surface area contributed by atoms with Gasteiger partial charge in [0.2, 0.25) is 0 Å². The lowest BCUT2D eigenvalue weighted by molar-refractivity contribution is -0.289. The normalized spacial score (nSPS) is 23.9. The topological polar surface area (TPSA) is 91.3 Å². The molecule has 0 aliphatic carbocycles. The second kappa shape index (κ2) is 11.3. The van der Waals surface area contributed by atoms with Crippen LogP contribution in [0.2, 0.25) is 0 Å². The number of aliphatic hydroxyl groups is 1. The molecule has 0 aromatic heterocycles. The number of aliphatic hydroxyl groups excluding tert-OH is 1. The van der Waals surface area contributed by atoms with E-state index in [1.807, 2.05) is 31.2 Å². The van der Waals surface area contributed by atoms with E-state index in [1.165, 1.54) is 0 Å². The van der Waals surface area contributed by atoms with Crippen molar-refractivity contribution in [1.29, 1.82) is 0 Å². The molecule has 0 amide bonds. The molecule has 0 spiro atoms. The van der Waals surface area contributed by atoms with Crippen LogP contribution in [0.4, 0.5) is 0 Å². The van der Waals surface area contributed by atoms with E-state index in [0.29, 0.717) is 11.1 Å². The average Bonchev–Trinajstić information content (AvgIpc) is 2.88. The van der Waals surface area contributed by atoms with Gasteiger partial charge in [0.15, 0.2) is 18.5 Å². The zero-order valence-corrected chi connectivity index (χ0v) is 19.6. The maximum atomic E-state index is 12.9. The molecule has 1 aliphatic heterocycles. The quantitative estimate of drug-likeness (QED) is 0.514. The smallest absolute Gasteiger partial charge is 0.338 e. The molecule has 1 heterocycles. The van der Waals surface area contributed by atoms with Crippen molar-refractivity contribution in [2.45, 2.75) is 51.2 Å². The van der Waals surface area contributed by atoms with Gasteiger partial charge in [-0.1, -0.05) is 66.2 Å². The monoisotopic (exact) mass is 476 g/mol. The van der Waals surface area contributed by atoms with Crippen molar-refractivity contribution in [2.75, 3.05) is 0 Å². The fourth-order valence-electron chi connectivity index (χ4n) is 3.87. The molecule has 3 aromatic carbocycles. The summed E-state index contributed by atoms with van der Waals surface area (Å²) < 4.78 is 23.2. The molecule has 1 fully saturated rings. The second-order valence-corrected chi connectivity index (χ2v) is 8.46. The van der Waals surface area contributed by atoms with Gasteiger partial charge in [0.1, 0.15) is 6.10 Å². The Morgan fingerprint density at radius 3 is 1.83 bits per heavy atom. The van der Waals surface area contributed by atoms with Crippen molar-refractivity contribution in [3.8, 4) is 0 Å². The summed E-state index contributed by atoms with van der Waals surface area (Å²) in [6.07, 6.45) is -5.36. The summed E-state index contributed by atoms with van der Waals surface area (Å²) in [7, 11) is 0. The lowest BCUT2D eigenvalue weighted by atomic mass is 9.98. The first-order chi connectivity index (χ1) is 16.9. The third-order valence-corrected chi connectivity index (χ3v) is 5.81. The number of benzene rings is 3. The van der Waals surface area contributed by atoms with Crippen molar-refractivity contribution in [3.05, 3.63) is 107 Å². The van der Waals surface area contributed by atoms with Gasteiger partial charge in [-0.25, -0.2) is 9.59 Å². The van der Waals surface area contributed by atoms with Gasteiger partial charge in [0, 0.05) is 0 Å². The van der Waals surface area contributed by atoms with E-state index in [4.69, 9.17) is 18.9 Å². The SMILES string of the molecule is Cc1ccc(CO[C@H]2[C@H](OC(=O)c3ccccc3)[C@H](OC(=O)c3ccccc3)[C@H](C)O[C@H]2O)cc1. The van der Waals surface area contributed by atoms with E-state index >= 15 is 0 Å². The van der Waals surface area contributed by atoms with Crippen LogP contribution in [0.5, 0.6) is 0 Å². The summed E-state index contributed by atoms with van der Waals surface area (Å²) in [6.45, 7) is 3.76. The average molecular weight is 477 g/mol. The zero-order valence-electron chi connectivity index (χ0n) is 19.6. The van der Waals surface area contributed by atoms with Crippen LogP contribution in [-0.4, -0.2) is 47.8 Å². The van der Waals surface area contributed by atoms with Crippen LogP contribution in [0.3, 0.4) is 0 Å². The largest absolute Gasteiger partial charge is 0.452 e. The first-order valence-corrected chi connectivity index (χ1v) is 11.4. The van der Waals surface area contributed by atoms with Gasteiger partial charge in [0.25, 0.3) is 0 Å². The molecule has 0 bridgehead atoms. The van der Waals surface area contributed by atoms with Crippen molar-refractivity contribution in [3.63, 3.8) is 0 Å². The highest BCUT2D eigenvalue weighted by atomic mass is 16.7. The summed E-state index contributed by atoms with van der Waals surface area (Å²) in [5.41, 5.74) is 2.64. The van der Waals surface area contributed by atoms with E-state index in [9.17, 15) is 14.7 Å². The fraction of sp³-hybridized carbons (Fsp3) is 0.286. The minimum absolute atomic E-state index is 0.137. The Labute approximate surface area is 204 Å². The van der Waals surface area contributed by atoms with Crippen LogP contribution in [-0.2, 0) is 25.6 Å². The predicted octanol–water partition coefficient (Wildman–Crippen LogP) is 4.07. The van der Waals surface area contributed by atoms with Crippen LogP contribution >= 0.6 is 0 Å². The molecule has 0 unspecified atom stereocenters. The van der Waals surface area contributed by atoms with Crippen LogP contribution in [0.1, 0.15) is 38.8 Å². The summed E-state index contributed by atoms with van der Waals surface area (Å²) >= 11 is 0. The third kappa shape index (κ3) is 6.14. The molecule has 3 aromatic rings. The van der Waals surface area contributed by atoms with E-state index in [2.05, 4.69) is 0 Å². The van der Waals surface area contributed by atoms with Gasteiger partial charge >= 0.3 is 11.9 Å². The Bertz CT molecular complexity index is 1120.